The van der Waals surface area contributed by atoms with Gasteiger partial charge in [-0.15, -0.1) is 0 Å². The van der Waals surface area contributed by atoms with E-state index in [1.165, 1.54) is 12.1 Å². The number of benzene rings is 1. The van der Waals surface area contributed by atoms with Crippen LogP contribution in [0, 0.1) is 5.82 Å². The van der Waals surface area contributed by atoms with E-state index < -0.39 is 0 Å². The zero-order valence-electron chi connectivity index (χ0n) is 10.7. The third kappa shape index (κ3) is 3.07. The van der Waals surface area contributed by atoms with Gasteiger partial charge < -0.3 is 4.90 Å². The molecule has 0 N–H and O–H groups in total. The van der Waals surface area contributed by atoms with Crippen molar-refractivity contribution in [2.24, 2.45) is 0 Å². The van der Waals surface area contributed by atoms with E-state index in [1.807, 2.05) is 4.90 Å². The first-order chi connectivity index (χ1) is 8.70. The maximum atomic E-state index is 12.8. The highest BCUT2D eigenvalue weighted by Crippen LogP contribution is 2.10. The van der Waals surface area contributed by atoms with Crippen molar-refractivity contribution < 1.29 is 9.18 Å². The minimum Gasteiger partial charge on any atom is -0.336 e. The van der Waals surface area contributed by atoms with Gasteiger partial charge >= 0.3 is 0 Å². The number of rotatable bonds is 3. The van der Waals surface area contributed by atoms with Crippen molar-refractivity contribution in [3.63, 3.8) is 0 Å². The summed E-state index contributed by atoms with van der Waals surface area (Å²) in [6, 6.07) is 5.77. The molecule has 0 aliphatic carbocycles. The Balaban J connectivity index is 1.93. The lowest BCUT2D eigenvalue weighted by atomic mass is 10.2. The summed E-state index contributed by atoms with van der Waals surface area (Å²) in [5.41, 5.74) is 0.570. The molecule has 0 atom stereocenters. The smallest absolute Gasteiger partial charge is 0.253 e. The van der Waals surface area contributed by atoms with Crippen molar-refractivity contribution in [1.82, 2.24) is 9.80 Å². The molecule has 0 saturated carbocycles. The molecule has 1 aliphatic heterocycles. The second kappa shape index (κ2) is 5.96. The summed E-state index contributed by atoms with van der Waals surface area (Å²) < 4.78 is 12.8. The quantitative estimate of drug-likeness (QED) is 0.819. The van der Waals surface area contributed by atoms with Crippen molar-refractivity contribution in [3.05, 3.63) is 35.6 Å². The van der Waals surface area contributed by atoms with Gasteiger partial charge in [0.25, 0.3) is 5.91 Å². The molecule has 0 aromatic heterocycles. The molecular weight excluding hydrogens is 231 g/mol. The molecule has 2 rings (SSSR count). The lowest BCUT2D eigenvalue weighted by molar-refractivity contribution is 0.0637. The molecule has 0 radical (unpaired) electrons. The van der Waals surface area contributed by atoms with Gasteiger partial charge in [0.15, 0.2) is 0 Å². The third-order valence-corrected chi connectivity index (χ3v) is 3.29. The third-order valence-electron chi connectivity index (χ3n) is 3.29. The molecular formula is C14H19FN2O. The molecule has 3 nitrogen and oxygen atoms in total. The fraction of sp³-hybridized carbons (Fsp3) is 0.500. The summed E-state index contributed by atoms with van der Waals surface area (Å²) in [6.45, 7) is 6.64. The summed E-state index contributed by atoms with van der Waals surface area (Å²) in [5.74, 6) is -0.300. The minimum absolute atomic E-state index is 0.00569. The lowest BCUT2D eigenvalue weighted by Gasteiger charge is -2.34. The summed E-state index contributed by atoms with van der Waals surface area (Å²) in [5, 5.41) is 0. The standard InChI is InChI=1S/C14H19FN2O/c1-2-7-16-8-10-17(11-9-16)14(18)12-3-5-13(15)6-4-12/h3-6H,2,7-11H2,1H3. The van der Waals surface area contributed by atoms with Gasteiger partial charge in [0, 0.05) is 31.7 Å². The van der Waals surface area contributed by atoms with Crippen molar-refractivity contribution in [1.29, 1.82) is 0 Å². The highest BCUT2D eigenvalue weighted by Gasteiger charge is 2.21. The summed E-state index contributed by atoms with van der Waals surface area (Å²) in [7, 11) is 0. The van der Waals surface area contributed by atoms with Crippen LogP contribution in [0.1, 0.15) is 23.7 Å². The topological polar surface area (TPSA) is 23.6 Å². The molecule has 1 saturated heterocycles. The molecule has 1 heterocycles. The van der Waals surface area contributed by atoms with Crippen molar-refractivity contribution in [3.8, 4) is 0 Å². The van der Waals surface area contributed by atoms with E-state index >= 15 is 0 Å². The number of hydrogen-bond acceptors (Lipinski definition) is 2. The second-order valence-electron chi connectivity index (χ2n) is 4.64. The Bertz CT molecular complexity index is 397. The minimum atomic E-state index is -0.306. The van der Waals surface area contributed by atoms with E-state index in [2.05, 4.69) is 11.8 Å². The van der Waals surface area contributed by atoms with Gasteiger partial charge in [-0.2, -0.15) is 0 Å². The maximum Gasteiger partial charge on any atom is 0.253 e. The van der Waals surface area contributed by atoms with E-state index in [4.69, 9.17) is 0 Å². The second-order valence-corrected chi connectivity index (χ2v) is 4.64. The number of piperazine rings is 1. The molecule has 1 aliphatic rings. The van der Waals surface area contributed by atoms with E-state index in [0.29, 0.717) is 5.56 Å². The van der Waals surface area contributed by atoms with Crippen molar-refractivity contribution in [2.45, 2.75) is 13.3 Å². The van der Waals surface area contributed by atoms with Gasteiger partial charge in [0.2, 0.25) is 0 Å². The Morgan fingerprint density at radius 2 is 1.78 bits per heavy atom. The van der Waals surface area contributed by atoms with Crippen LogP contribution >= 0.6 is 0 Å². The average molecular weight is 250 g/mol. The number of halogens is 1. The number of nitrogens with zero attached hydrogens (tertiary/aromatic N) is 2. The number of carbonyl (C=O) groups excluding carboxylic acids is 1. The van der Waals surface area contributed by atoms with Gasteiger partial charge in [-0.05, 0) is 37.2 Å². The first kappa shape index (κ1) is 13.0. The van der Waals surface area contributed by atoms with Crippen molar-refractivity contribution in [2.75, 3.05) is 32.7 Å². The van der Waals surface area contributed by atoms with E-state index in [1.54, 1.807) is 12.1 Å². The highest BCUT2D eigenvalue weighted by molar-refractivity contribution is 5.94. The number of amides is 1. The fourth-order valence-corrected chi connectivity index (χ4v) is 2.27. The largest absolute Gasteiger partial charge is 0.336 e. The van der Waals surface area contributed by atoms with Crippen LogP contribution in [0.3, 0.4) is 0 Å². The molecule has 0 spiro atoms. The molecule has 1 aromatic rings. The molecule has 1 amide bonds. The molecule has 4 heteroatoms. The predicted octanol–water partition coefficient (Wildman–Crippen LogP) is 1.99. The Morgan fingerprint density at radius 3 is 2.33 bits per heavy atom. The Morgan fingerprint density at radius 1 is 1.17 bits per heavy atom. The molecule has 98 valence electrons. The van der Waals surface area contributed by atoms with Gasteiger partial charge in [-0.1, -0.05) is 6.92 Å². The van der Waals surface area contributed by atoms with Gasteiger partial charge in [0.05, 0.1) is 0 Å². The number of carbonyl (C=O) groups is 1. The monoisotopic (exact) mass is 250 g/mol. The summed E-state index contributed by atoms with van der Waals surface area (Å²) in [4.78, 5) is 16.4. The zero-order valence-corrected chi connectivity index (χ0v) is 10.7. The summed E-state index contributed by atoms with van der Waals surface area (Å²) in [6.07, 6.45) is 1.14. The van der Waals surface area contributed by atoms with Crippen LogP contribution in [0.4, 0.5) is 4.39 Å². The van der Waals surface area contributed by atoms with Crippen LogP contribution in [-0.2, 0) is 0 Å². The Kier molecular flexibility index (Phi) is 4.31. The Hall–Kier alpha value is -1.42. The Labute approximate surface area is 107 Å². The van der Waals surface area contributed by atoms with E-state index in [-0.39, 0.29) is 11.7 Å². The maximum absolute atomic E-state index is 12.8. The molecule has 0 bridgehead atoms. The van der Waals surface area contributed by atoms with Crippen LogP contribution in [0.25, 0.3) is 0 Å². The average Bonchev–Trinajstić information content (AvgIpc) is 2.40. The van der Waals surface area contributed by atoms with Crippen molar-refractivity contribution >= 4 is 5.91 Å². The number of hydrogen-bond donors (Lipinski definition) is 0. The zero-order chi connectivity index (χ0) is 13.0. The predicted molar refractivity (Wildman–Crippen MR) is 69.0 cm³/mol. The SMILES string of the molecule is CCCN1CCN(C(=O)c2ccc(F)cc2)CC1. The molecule has 18 heavy (non-hydrogen) atoms. The fourth-order valence-electron chi connectivity index (χ4n) is 2.27. The first-order valence-corrected chi connectivity index (χ1v) is 6.48. The first-order valence-electron chi connectivity index (χ1n) is 6.48. The van der Waals surface area contributed by atoms with Gasteiger partial charge in [0.1, 0.15) is 5.82 Å². The van der Waals surface area contributed by atoms with E-state index in [0.717, 1.165) is 39.1 Å². The molecule has 1 aromatic carbocycles. The van der Waals surface area contributed by atoms with E-state index in [9.17, 15) is 9.18 Å². The van der Waals surface area contributed by atoms with Gasteiger partial charge in [-0.25, -0.2) is 4.39 Å². The van der Waals surface area contributed by atoms with Crippen LogP contribution in [-0.4, -0.2) is 48.4 Å². The van der Waals surface area contributed by atoms with Crippen LogP contribution < -0.4 is 0 Å². The molecule has 0 unspecified atom stereocenters. The lowest BCUT2D eigenvalue weighted by Crippen LogP contribution is -2.48. The molecule has 1 fully saturated rings. The van der Waals surface area contributed by atoms with Gasteiger partial charge in [-0.3, -0.25) is 9.69 Å². The highest BCUT2D eigenvalue weighted by atomic mass is 19.1. The normalized spacial score (nSPS) is 16.9. The van der Waals surface area contributed by atoms with Crippen LogP contribution in [0.15, 0.2) is 24.3 Å². The van der Waals surface area contributed by atoms with Crippen LogP contribution in [0.2, 0.25) is 0 Å². The summed E-state index contributed by atoms with van der Waals surface area (Å²) >= 11 is 0. The van der Waals surface area contributed by atoms with Crippen LogP contribution in [0.5, 0.6) is 0 Å².